The summed E-state index contributed by atoms with van der Waals surface area (Å²) in [5.41, 5.74) is 2.53. The number of amides is 1. The van der Waals surface area contributed by atoms with E-state index in [-0.39, 0.29) is 0 Å². The van der Waals surface area contributed by atoms with Crippen LogP contribution in [-0.2, 0) is 16.0 Å². The average molecular weight is 277 g/mol. The lowest BCUT2D eigenvalue weighted by atomic mass is 9.93. The summed E-state index contributed by atoms with van der Waals surface area (Å²) >= 11 is 0. The highest BCUT2D eigenvalue weighted by Gasteiger charge is 2.18. The highest BCUT2D eigenvalue weighted by molar-refractivity contribution is 6.31. The molecular weight excluding hydrogens is 254 g/mol. The summed E-state index contributed by atoms with van der Waals surface area (Å²) in [6.07, 6.45) is 2.80. The first-order valence-corrected chi connectivity index (χ1v) is 6.98. The largest absolute Gasteiger partial charge is 0.474 e. The molecule has 0 aliphatic heterocycles. The van der Waals surface area contributed by atoms with Crippen molar-refractivity contribution < 1.29 is 14.7 Å². The van der Waals surface area contributed by atoms with Gasteiger partial charge in [-0.05, 0) is 31.2 Å². The van der Waals surface area contributed by atoms with Crippen LogP contribution in [0.25, 0.3) is 0 Å². The lowest BCUT2D eigenvalue weighted by molar-refractivity contribution is -0.155. The van der Waals surface area contributed by atoms with Gasteiger partial charge in [-0.25, -0.2) is 4.79 Å². The summed E-state index contributed by atoms with van der Waals surface area (Å²) in [4.78, 5) is 23.1. The highest BCUT2D eigenvalue weighted by atomic mass is 16.4. The third-order valence-electron chi connectivity index (χ3n) is 3.62. The monoisotopic (exact) mass is 277 g/mol. The molecule has 0 spiro atoms. The second-order valence-corrected chi connectivity index (χ2v) is 5.28. The van der Waals surface area contributed by atoms with Gasteiger partial charge in [0.05, 0.1) is 0 Å². The van der Waals surface area contributed by atoms with Crippen LogP contribution in [-0.4, -0.2) is 35.5 Å². The summed E-state index contributed by atoms with van der Waals surface area (Å²) in [5.74, 6) is -1.77. The molecule has 4 heteroatoms. The van der Waals surface area contributed by atoms with Crippen molar-refractivity contribution in [2.24, 2.45) is 5.92 Å². The smallest absolute Gasteiger partial charge is 0.394 e. The molecule has 0 fully saturated rings. The van der Waals surface area contributed by atoms with Crippen LogP contribution in [0.15, 0.2) is 24.3 Å². The molecule has 110 valence electrons. The number of rotatable bonds is 6. The fourth-order valence-electron chi connectivity index (χ4n) is 2.15. The first-order chi connectivity index (χ1) is 9.43. The van der Waals surface area contributed by atoms with Gasteiger partial charge in [0.15, 0.2) is 0 Å². The number of hydrogen-bond donors (Lipinski definition) is 1. The Balaban J connectivity index is 2.49. The number of aliphatic carboxylic acids is 1. The zero-order valence-electron chi connectivity index (χ0n) is 12.4. The van der Waals surface area contributed by atoms with Gasteiger partial charge in [0.2, 0.25) is 0 Å². The number of carbonyl (C=O) groups excluding carboxylic acids is 1. The van der Waals surface area contributed by atoms with Gasteiger partial charge in [-0.1, -0.05) is 43.2 Å². The van der Waals surface area contributed by atoms with Gasteiger partial charge in [0.25, 0.3) is 0 Å². The van der Waals surface area contributed by atoms with Gasteiger partial charge in [-0.15, -0.1) is 0 Å². The number of hydrogen-bond acceptors (Lipinski definition) is 2. The van der Waals surface area contributed by atoms with Gasteiger partial charge in [-0.2, -0.15) is 0 Å². The average Bonchev–Trinajstić information content (AvgIpc) is 2.44. The van der Waals surface area contributed by atoms with E-state index in [0.29, 0.717) is 12.5 Å². The van der Waals surface area contributed by atoms with Crippen LogP contribution in [0.4, 0.5) is 0 Å². The fourth-order valence-corrected chi connectivity index (χ4v) is 2.15. The zero-order chi connectivity index (χ0) is 15.1. The van der Waals surface area contributed by atoms with Crippen molar-refractivity contribution in [1.29, 1.82) is 0 Å². The number of likely N-dealkylation sites (N-methyl/N-ethyl adjacent to an activating group) is 1. The molecule has 0 aromatic heterocycles. The maximum Gasteiger partial charge on any atom is 0.394 e. The van der Waals surface area contributed by atoms with Crippen molar-refractivity contribution in [2.45, 2.75) is 33.1 Å². The molecular formula is C16H23NO3. The van der Waals surface area contributed by atoms with E-state index in [1.165, 1.54) is 23.1 Å². The van der Waals surface area contributed by atoms with Crippen molar-refractivity contribution in [3.05, 3.63) is 35.4 Å². The quantitative estimate of drug-likeness (QED) is 0.813. The third-order valence-corrected chi connectivity index (χ3v) is 3.62. The van der Waals surface area contributed by atoms with Crippen molar-refractivity contribution in [1.82, 2.24) is 4.90 Å². The number of carboxylic acid groups (broad SMARTS) is 1. The van der Waals surface area contributed by atoms with E-state index in [0.717, 1.165) is 19.3 Å². The number of carbonyl (C=O) groups is 2. The molecule has 1 N–H and O–H groups in total. The summed E-state index contributed by atoms with van der Waals surface area (Å²) in [7, 11) is 1.54. The second-order valence-electron chi connectivity index (χ2n) is 5.28. The van der Waals surface area contributed by atoms with Gasteiger partial charge in [0, 0.05) is 13.6 Å². The summed E-state index contributed by atoms with van der Waals surface area (Å²) in [6.45, 7) is 4.67. The van der Waals surface area contributed by atoms with Crippen LogP contribution in [0.3, 0.4) is 0 Å². The molecule has 1 atom stereocenters. The predicted molar refractivity (Wildman–Crippen MR) is 78.6 cm³/mol. The van der Waals surface area contributed by atoms with Crippen LogP contribution >= 0.6 is 0 Å². The van der Waals surface area contributed by atoms with E-state index in [4.69, 9.17) is 5.11 Å². The summed E-state index contributed by atoms with van der Waals surface area (Å²) < 4.78 is 0. The van der Waals surface area contributed by atoms with Gasteiger partial charge < -0.3 is 10.0 Å². The van der Waals surface area contributed by atoms with Crippen molar-refractivity contribution >= 4 is 11.9 Å². The fraction of sp³-hybridized carbons (Fsp3) is 0.500. The lowest BCUT2D eigenvalue weighted by Crippen LogP contribution is -2.34. The molecule has 1 amide bonds. The van der Waals surface area contributed by atoms with Crippen LogP contribution in [0.5, 0.6) is 0 Å². The minimum atomic E-state index is -1.39. The molecule has 1 aromatic rings. The Morgan fingerprint density at radius 3 is 2.35 bits per heavy atom. The first-order valence-electron chi connectivity index (χ1n) is 6.98. The Labute approximate surface area is 120 Å². The highest BCUT2D eigenvalue weighted by Crippen LogP contribution is 2.16. The Kier molecular flexibility index (Phi) is 6.22. The van der Waals surface area contributed by atoms with Gasteiger partial charge in [0.1, 0.15) is 0 Å². The van der Waals surface area contributed by atoms with Crippen LogP contribution in [0.2, 0.25) is 0 Å². The molecule has 0 bridgehead atoms. The number of aryl methyl sites for hydroxylation is 1. The van der Waals surface area contributed by atoms with Crippen LogP contribution < -0.4 is 0 Å². The van der Waals surface area contributed by atoms with Crippen molar-refractivity contribution in [3.63, 3.8) is 0 Å². The van der Waals surface area contributed by atoms with E-state index in [9.17, 15) is 9.59 Å². The van der Waals surface area contributed by atoms with E-state index in [2.05, 4.69) is 38.1 Å². The standard InChI is InChI=1S/C16H23NO3/c1-4-13(9-10-17(3)15(18)16(19)20)11-14-7-5-12(2)6-8-14/h5-8,13H,4,9-11H2,1-3H3,(H,19,20)/t13-/m1/s1. The molecule has 1 aromatic carbocycles. The molecule has 4 nitrogen and oxygen atoms in total. The number of carboxylic acids is 1. The molecule has 0 unspecified atom stereocenters. The molecule has 0 aliphatic carbocycles. The van der Waals surface area contributed by atoms with Crippen LogP contribution in [0, 0.1) is 12.8 Å². The molecule has 1 rings (SSSR count). The van der Waals surface area contributed by atoms with Gasteiger partial charge >= 0.3 is 11.9 Å². The molecule has 0 saturated heterocycles. The Hall–Kier alpha value is -1.84. The predicted octanol–water partition coefficient (Wildman–Crippen LogP) is 2.50. The van der Waals surface area contributed by atoms with E-state index >= 15 is 0 Å². The normalized spacial score (nSPS) is 11.9. The van der Waals surface area contributed by atoms with E-state index in [1.807, 2.05) is 0 Å². The Morgan fingerprint density at radius 1 is 1.25 bits per heavy atom. The SMILES string of the molecule is CC[C@H](CCN(C)C(=O)C(=O)O)Cc1ccc(C)cc1. The van der Waals surface area contributed by atoms with E-state index < -0.39 is 11.9 Å². The minimum absolute atomic E-state index is 0.460. The van der Waals surface area contributed by atoms with Gasteiger partial charge in [-0.3, -0.25) is 4.79 Å². The first kappa shape index (κ1) is 16.2. The lowest BCUT2D eigenvalue weighted by Gasteiger charge is -2.20. The summed E-state index contributed by atoms with van der Waals surface area (Å²) in [5, 5.41) is 8.64. The summed E-state index contributed by atoms with van der Waals surface area (Å²) in [6, 6.07) is 8.46. The maximum absolute atomic E-state index is 11.3. The molecule has 0 saturated carbocycles. The number of nitrogens with zero attached hydrogens (tertiary/aromatic N) is 1. The third kappa shape index (κ3) is 5.03. The molecule has 20 heavy (non-hydrogen) atoms. The zero-order valence-corrected chi connectivity index (χ0v) is 12.4. The minimum Gasteiger partial charge on any atom is -0.474 e. The maximum atomic E-state index is 11.3. The Morgan fingerprint density at radius 2 is 1.85 bits per heavy atom. The topological polar surface area (TPSA) is 57.6 Å². The van der Waals surface area contributed by atoms with Crippen LogP contribution in [0.1, 0.15) is 30.9 Å². The van der Waals surface area contributed by atoms with Crippen molar-refractivity contribution in [3.8, 4) is 0 Å². The van der Waals surface area contributed by atoms with Crippen molar-refractivity contribution in [2.75, 3.05) is 13.6 Å². The number of benzene rings is 1. The van der Waals surface area contributed by atoms with E-state index in [1.54, 1.807) is 0 Å². The second kappa shape index (κ2) is 7.68. The molecule has 0 radical (unpaired) electrons. The Bertz CT molecular complexity index is 453. The molecule has 0 aliphatic rings. The molecule has 0 heterocycles.